The number of benzene rings is 2. The van der Waals surface area contributed by atoms with Crippen molar-refractivity contribution in [3.05, 3.63) is 66.7 Å². The van der Waals surface area contributed by atoms with Crippen LogP contribution in [-0.4, -0.2) is 20.2 Å². The molecule has 0 saturated carbocycles. The maximum Gasteiger partial charge on any atom is 0.229 e. The molecule has 0 fully saturated rings. The molecule has 0 amide bonds. The van der Waals surface area contributed by atoms with E-state index in [4.69, 9.17) is 0 Å². The summed E-state index contributed by atoms with van der Waals surface area (Å²) in [5.41, 5.74) is 2.59. The molecule has 7 heteroatoms. The van der Waals surface area contributed by atoms with Crippen molar-refractivity contribution in [1.82, 2.24) is 20.2 Å². The molecule has 0 unspecified atom stereocenters. The van der Waals surface area contributed by atoms with Gasteiger partial charge in [-0.2, -0.15) is 10.1 Å². The Kier molecular flexibility index (Phi) is 3.51. The van der Waals surface area contributed by atoms with E-state index in [9.17, 15) is 4.39 Å². The minimum absolute atomic E-state index is 0.286. The smallest absolute Gasteiger partial charge is 0.229 e. The van der Waals surface area contributed by atoms with Gasteiger partial charge in [0.1, 0.15) is 11.6 Å². The number of hydrogen-bond donors (Lipinski definition) is 3. The molecule has 6 nitrogen and oxygen atoms in total. The van der Waals surface area contributed by atoms with Gasteiger partial charge in [0.05, 0.1) is 11.7 Å². The van der Waals surface area contributed by atoms with E-state index < -0.39 is 0 Å². The van der Waals surface area contributed by atoms with Gasteiger partial charge in [0.15, 0.2) is 0 Å². The zero-order valence-electron chi connectivity index (χ0n) is 12.5. The maximum absolute atomic E-state index is 12.9. The van der Waals surface area contributed by atoms with Gasteiger partial charge in [-0.25, -0.2) is 9.37 Å². The minimum atomic E-state index is -0.286. The molecule has 0 bridgehead atoms. The Hall–Kier alpha value is -3.48. The summed E-state index contributed by atoms with van der Waals surface area (Å²) in [6, 6.07) is 13.7. The first-order valence-corrected chi connectivity index (χ1v) is 7.32. The van der Waals surface area contributed by atoms with Crippen LogP contribution in [-0.2, 0) is 0 Å². The molecule has 4 rings (SSSR count). The van der Waals surface area contributed by atoms with Gasteiger partial charge in [-0.15, -0.1) is 0 Å². The van der Waals surface area contributed by atoms with E-state index in [-0.39, 0.29) is 5.82 Å². The molecule has 0 aliphatic heterocycles. The number of nitrogens with zero attached hydrogens (tertiary/aromatic N) is 3. The number of anilines is 4. The van der Waals surface area contributed by atoms with Crippen LogP contribution in [0.1, 0.15) is 0 Å². The monoisotopic (exact) mass is 320 g/mol. The lowest BCUT2D eigenvalue weighted by Gasteiger charge is -2.08. The molecular formula is C17H13FN6. The summed E-state index contributed by atoms with van der Waals surface area (Å²) in [6.45, 7) is 0. The highest BCUT2D eigenvalue weighted by atomic mass is 19.1. The van der Waals surface area contributed by atoms with E-state index in [1.807, 2.05) is 18.2 Å². The number of halogens is 1. The van der Waals surface area contributed by atoms with Crippen molar-refractivity contribution in [2.45, 2.75) is 0 Å². The minimum Gasteiger partial charge on any atom is -0.340 e. The van der Waals surface area contributed by atoms with Gasteiger partial charge in [0.25, 0.3) is 0 Å². The van der Waals surface area contributed by atoms with Crippen LogP contribution in [0.4, 0.5) is 27.5 Å². The van der Waals surface area contributed by atoms with Crippen molar-refractivity contribution in [1.29, 1.82) is 0 Å². The average molecular weight is 320 g/mol. The van der Waals surface area contributed by atoms with E-state index in [2.05, 4.69) is 30.8 Å². The van der Waals surface area contributed by atoms with Crippen LogP contribution in [0, 0.1) is 5.82 Å². The largest absolute Gasteiger partial charge is 0.340 e. The molecule has 0 spiro atoms. The predicted octanol–water partition coefficient (Wildman–Crippen LogP) is 3.98. The number of aromatic nitrogens is 4. The number of rotatable bonds is 4. The quantitative estimate of drug-likeness (QED) is 0.530. The van der Waals surface area contributed by atoms with Crippen molar-refractivity contribution < 1.29 is 4.39 Å². The Morgan fingerprint density at radius 1 is 0.917 bits per heavy atom. The summed E-state index contributed by atoms with van der Waals surface area (Å²) in [4.78, 5) is 8.57. The normalized spacial score (nSPS) is 10.7. The topological polar surface area (TPSA) is 78.5 Å². The highest BCUT2D eigenvalue weighted by Crippen LogP contribution is 2.21. The van der Waals surface area contributed by atoms with Crippen molar-refractivity contribution in [3.8, 4) is 0 Å². The number of aromatic amines is 1. The molecule has 24 heavy (non-hydrogen) atoms. The van der Waals surface area contributed by atoms with Crippen LogP contribution < -0.4 is 10.6 Å². The molecule has 2 heterocycles. The second kappa shape index (κ2) is 5.96. The Bertz CT molecular complexity index is 980. The SMILES string of the molecule is Fc1ccc(Nc2nccc(Nc3ccc4[nH]ncc4c3)n2)cc1. The summed E-state index contributed by atoms with van der Waals surface area (Å²) < 4.78 is 12.9. The standard InChI is InChI=1S/C17H13FN6/c18-12-1-3-13(4-2-12)22-17-19-8-7-16(23-17)21-14-5-6-15-11(9-14)10-20-24-15/h1-10H,(H,20,24)(H2,19,21,22,23). The fourth-order valence-corrected chi connectivity index (χ4v) is 2.32. The Labute approximate surface area is 136 Å². The molecule has 0 atom stereocenters. The summed E-state index contributed by atoms with van der Waals surface area (Å²) >= 11 is 0. The van der Waals surface area contributed by atoms with Gasteiger partial charge < -0.3 is 10.6 Å². The molecular weight excluding hydrogens is 307 g/mol. The van der Waals surface area contributed by atoms with Crippen LogP contribution in [0.2, 0.25) is 0 Å². The highest BCUT2D eigenvalue weighted by molar-refractivity contribution is 5.82. The Morgan fingerprint density at radius 2 is 1.75 bits per heavy atom. The number of fused-ring (bicyclic) bond motifs is 1. The van der Waals surface area contributed by atoms with Crippen LogP contribution in [0.5, 0.6) is 0 Å². The van der Waals surface area contributed by atoms with E-state index in [0.717, 1.165) is 16.6 Å². The summed E-state index contributed by atoms with van der Waals surface area (Å²) in [6.07, 6.45) is 3.42. The Balaban J connectivity index is 1.54. The van der Waals surface area contributed by atoms with Crippen LogP contribution in [0.3, 0.4) is 0 Å². The summed E-state index contributed by atoms with van der Waals surface area (Å²) in [7, 11) is 0. The van der Waals surface area contributed by atoms with Gasteiger partial charge in [-0.05, 0) is 48.5 Å². The molecule has 2 aromatic heterocycles. The van der Waals surface area contributed by atoms with E-state index in [1.165, 1.54) is 12.1 Å². The molecule has 4 aromatic rings. The number of hydrogen-bond acceptors (Lipinski definition) is 5. The molecule has 118 valence electrons. The van der Waals surface area contributed by atoms with E-state index in [0.29, 0.717) is 17.5 Å². The third-order valence-electron chi connectivity index (χ3n) is 3.47. The zero-order chi connectivity index (χ0) is 16.4. The molecule has 0 aliphatic carbocycles. The van der Waals surface area contributed by atoms with Crippen molar-refractivity contribution in [2.75, 3.05) is 10.6 Å². The molecule has 0 saturated heterocycles. The second-order valence-electron chi connectivity index (χ2n) is 5.19. The highest BCUT2D eigenvalue weighted by Gasteiger charge is 2.03. The predicted molar refractivity (Wildman–Crippen MR) is 91.1 cm³/mol. The van der Waals surface area contributed by atoms with Crippen LogP contribution in [0.25, 0.3) is 10.9 Å². The number of H-pyrrole nitrogens is 1. The third-order valence-corrected chi connectivity index (χ3v) is 3.47. The fraction of sp³-hybridized carbons (Fsp3) is 0. The zero-order valence-corrected chi connectivity index (χ0v) is 12.5. The lowest BCUT2D eigenvalue weighted by Crippen LogP contribution is -2.00. The second-order valence-corrected chi connectivity index (χ2v) is 5.19. The van der Waals surface area contributed by atoms with E-state index in [1.54, 1.807) is 30.6 Å². The van der Waals surface area contributed by atoms with Crippen molar-refractivity contribution in [3.63, 3.8) is 0 Å². The van der Waals surface area contributed by atoms with Gasteiger partial charge >= 0.3 is 0 Å². The van der Waals surface area contributed by atoms with E-state index >= 15 is 0 Å². The molecule has 0 aliphatic rings. The lowest BCUT2D eigenvalue weighted by molar-refractivity contribution is 0.628. The van der Waals surface area contributed by atoms with Gasteiger partial charge in [0.2, 0.25) is 5.95 Å². The van der Waals surface area contributed by atoms with Gasteiger partial charge in [0, 0.05) is 23.0 Å². The van der Waals surface area contributed by atoms with Crippen molar-refractivity contribution in [2.24, 2.45) is 0 Å². The summed E-state index contributed by atoms with van der Waals surface area (Å²) in [5.74, 6) is 0.792. The molecule has 3 N–H and O–H groups in total. The first kappa shape index (κ1) is 14.1. The first-order chi connectivity index (χ1) is 11.8. The molecule has 2 aromatic carbocycles. The maximum atomic E-state index is 12.9. The number of nitrogens with one attached hydrogen (secondary N) is 3. The molecule has 0 radical (unpaired) electrons. The van der Waals surface area contributed by atoms with Gasteiger partial charge in [-0.1, -0.05) is 0 Å². The van der Waals surface area contributed by atoms with Gasteiger partial charge in [-0.3, -0.25) is 5.10 Å². The lowest BCUT2D eigenvalue weighted by atomic mass is 10.2. The third kappa shape index (κ3) is 3.00. The van der Waals surface area contributed by atoms with Crippen LogP contribution >= 0.6 is 0 Å². The van der Waals surface area contributed by atoms with Crippen LogP contribution in [0.15, 0.2) is 60.9 Å². The fourth-order valence-electron chi connectivity index (χ4n) is 2.32. The average Bonchev–Trinajstić information content (AvgIpc) is 3.05. The Morgan fingerprint density at radius 3 is 2.62 bits per heavy atom. The first-order valence-electron chi connectivity index (χ1n) is 7.32. The summed E-state index contributed by atoms with van der Waals surface area (Å²) in [5, 5.41) is 14.2. The van der Waals surface area contributed by atoms with Crippen molar-refractivity contribution >= 4 is 34.0 Å².